The highest BCUT2D eigenvalue weighted by Crippen LogP contribution is 2.36. The number of rotatable bonds is 5. The first-order valence-corrected chi connectivity index (χ1v) is 10.4. The van der Waals surface area contributed by atoms with E-state index < -0.39 is 0 Å². The van der Waals surface area contributed by atoms with Gasteiger partial charge in [-0.2, -0.15) is 0 Å². The number of hydrogen-bond donors (Lipinski definition) is 0. The standard InChI is InChI=1S/C21H23N3O3S/c1-3-27-16-8-6-15(7-9-16)18-14(2)28-20-19(18)21(26)24(13-22-20)12-17(25)23-10-4-5-11-23/h6-9,13H,3-5,10-12H2,1-2H3. The van der Waals surface area contributed by atoms with Crippen molar-refractivity contribution >= 4 is 27.5 Å². The molecule has 6 nitrogen and oxygen atoms in total. The molecule has 0 bridgehead atoms. The highest BCUT2D eigenvalue weighted by molar-refractivity contribution is 7.19. The maximum absolute atomic E-state index is 13.2. The molecule has 1 saturated heterocycles. The van der Waals surface area contributed by atoms with Gasteiger partial charge >= 0.3 is 0 Å². The lowest BCUT2D eigenvalue weighted by atomic mass is 10.0. The van der Waals surface area contributed by atoms with Crippen molar-refractivity contribution in [3.63, 3.8) is 0 Å². The molecule has 0 radical (unpaired) electrons. The Hall–Kier alpha value is -2.67. The molecular formula is C21H23N3O3S. The molecule has 0 aliphatic carbocycles. The van der Waals surface area contributed by atoms with E-state index in [4.69, 9.17) is 4.74 Å². The van der Waals surface area contributed by atoms with Crippen molar-refractivity contribution in [3.05, 3.63) is 45.8 Å². The van der Waals surface area contributed by atoms with Gasteiger partial charge in [-0.3, -0.25) is 14.2 Å². The highest BCUT2D eigenvalue weighted by Gasteiger charge is 2.21. The third-order valence-corrected chi connectivity index (χ3v) is 6.09. The van der Waals surface area contributed by atoms with Gasteiger partial charge in [0, 0.05) is 23.5 Å². The van der Waals surface area contributed by atoms with E-state index in [1.165, 1.54) is 22.2 Å². The van der Waals surface area contributed by atoms with E-state index in [2.05, 4.69) is 4.98 Å². The van der Waals surface area contributed by atoms with E-state index in [1.807, 2.05) is 43.0 Å². The van der Waals surface area contributed by atoms with Gasteiger partial charge in [-0.25, -0.2) is 4.98 Å². The van der Waals surface area contributed by atoms with Gasteiger partial charge in [0.25, 0.3) is 5.56 Å². The summed E-state index contributed by atoms with van der Waals surface area (Å²) in [6, 6.07) is 7.75. The summed E-state index contributed by atoms with van der Waals surface area (Å²) in [7, 11) is 0. The van der Waals surface area contributed by atoms with Gasteiger partial charge in [0.1, 0.15) is 17.1 Å². The predicted octanol–water partition coefficient (Wildman–Crippen LogP) is 3.45. The Morgan fingerprint density at radius 1 is 1.21 bits per heavy atom. The lowest BCUT2D eigenvalue weighted by molar-refractivity contribution is -0.130. The summed E-state index contributed by atoms with van der Waals surface area (Å²) in [4.78, 5) is 33.7. The largest absolute Gasteiger partial charge is 0.494 e. The third kappa shape index (κ3) is 3.42. The Kier molecular flexibility index (Phi) is 5.17. The third-order valence-electron chi connectivity index (χ3n) is 5.07. The molecule has 3 aromatic rings. The minimum Gasteiger partial charge on any atom is -0.494 e. The van der Waals surface area contributed by atoms with E-state index in [1.54, 1.807) is 0 Å². The molecule has 0 spiro atoms. The van der Waals surface area contributed by atoms with Crippen LogP contribution in [-0.2, 0) is 11.3 Å². The zero-order valence-corrected chi connectivity index (χ0v) is 16.9. The second kappa shape index (κ2) is 7.75. The molecule has 2 aromatic heterocycles. The quantitative estimate of drug-likeness (QED) is 0.661. The van der Waals surface area contributed by atoms with E-state index >= 15 is 0 Å². The van der Waals surface area contributed by atoms with Gasteiger partial charge in [-0.1, -0.05) is 12.1 Å². The SMILES string of the molecule is CCOc1ccc(-c2c(C)sc3ncn(CC(=O)N4CCCC4)c(=O)c23)cc1. The van der Waals surface area contributed by atoms with Crippen LogP contribution in [0.4, 0.5) is 0 Å². The number of fused-ring (bicyclic) bond motifs is 1. The van der Waals surface area contributed by atoms with Crippen LogP contribution < -0.4 is 10.3 Å². The Morgan fingerprint density at radius 3 is 2.61 bits per heavy atom. The van der Waals surface area contributed by atoms with Crippen molar-refractivity contribution in [2.45, 2.75) is 33.2 Å². The van der Waals surface area contributed by atoms with Crippen molar-refractivity contribution < 1.29 is 9.53 Å². The fourth-order valence-electron chi connectivity index (χ4n) is 3.69. The second-order valence-electron chi connectivity index (χ2n) is 6.94. The summed E-state index contributed by atoms with van der Waals surface area (Å²) in [6.45, 7) is 6.15. The molecule has 1 fully saturated rings. The van der Waals surface area contributed by atoms with Crippen LogP contribution >= 0.6 is 11.3 Å². The number of aromatic nitrogens is 2. The van der Waals surface area contributed by atoms with Gasteiger partial charge in [-0.05, 0) is 44.4 Å². The molecule has 1 amide bonds. The summed E-state index contributed by atoms with van der Waals surface area (Å²) in [5, 5.41) is 0.586. The molecule has 1 aromatic carbocycles. The fraction of sp³-hybridized carbons (Fsp3) is 0.381. The normalized spacial score (nSPS) is 14.0. The van der Waals surface area contributed by atoms with Crippen LogP contribution in [0.2, 0.25) is 0 Å². The summed E-state index contributed by atoms with van der Waals surface area (Å²) < 4.78 is 6.95. The Balaban J connectivity index is 1.74. The van der Waals surface area contributed by atoms with Crippen LogP contribution in [-0.4, -0.2) is 40.1 Å². The van der Waals surface area contributed by atoms with Crippen LogP contribution in [0.15, 0.2) is 35.4 Å². The fourth-order valence-corrected chi connectivity index (χ4v) is 4.70. The van der Waals surface area contributed by atoms with Crippen molar-refractivity contribution in [2.24, 2.45) is 0 Å². The van der Waals surface area contributed by atoms with Crippen LogP contribution in [0.3, 0.4) is 0 Å². The van der Waals surface area contributed by atoms with Crippen molar-refractivity contribution in [2.75, 3.05) is 19.7 Å². The molecule has 3 heterocycles. The van der Waals surface area contributed by atoms with Gasteiger partial charge in [-0.15, -0.1) is 11.3 Å². The first-order chi connectivity index (χ1) is 13.6. The number of carbonyl (C=O) groups is 1. The van der Waals surface area contributed by atoms with E-state index in [0.29, 0.717) is 16.8 Å². The lowest BCUT2D eigenvalue weighted by Crippen LogP contribution is -2.34. The maximum Gasteiger partial charge on any atom is 0.263 e. The number of thiophene rings is 1. The predicted molar refractivity (Wildman–Crippen MR) is 111 cm³/mol. The molecule has 0 unspecified atom stereocenters. The minimum absolute atomic E-state index is 0.0182. The van der Waals surface area contributed by atoms with Crippen molar-refractivity contribution in [1.82, 2.24) is 14.5 Å². The first-order valence-electron chi connectivity index (χ1n) is 9.58. The minimum atomic E-state index is -0.161. The highest BCUT2D eigenvalue weighted by atomic mass is 32.1. The van der Waals surface area contributed by atoms with Crippen LogP contribution in [0.5, 0.6) is 5.75 Å². The van der Waals surface area contributed by atoms with Crippen LogP contribution in [0.1, 0.15) is 24.6 Å². The van der Waals surface area contributed by atoms with Crippen molar-refractivity contribution in [3.8, 4) is 16.9 Å². The monoisotopic (exact) mass is 397 g/mol. The van der Waals surface area contributed by atoms with Crippen LogP contribution in [0, 0.1) is 6.92 Å². The molecule has 7 heteroatoms. The number of nitrogens with zero attached hydrogens (tertiary/aromatic N) is 3. The number of hydrogen-bond acceptors (Lipinski definition) is 5. The average Bonchev–Trinajstić information content (AvgIpc) is 3.33. The zero-order valence-electron chi connectivity index (χ0n) is 16.1. The Morgan fingerprint density at radius 2 is 1.93 bits per heavy atom. The van der Waals surface area contributed by atoms with E-state index in [9.17, 15) is 9.59 Å². The molecule has 0 N–H and O–H groups in total. The molecule has 1 aliphatic heterocycles. The summed E-state index contributed by atoms with van der Waals surface area (Å²) in [6.07, 6.45) is 3.56. The molecule has 4 rings (SSSR count). The number of ether oxygens (including phenoxy) is 1. The van der Waals surface area contributed by atoms with Gasteiger partial charge in [0.2, 0.25) is 5.91 Å². The second-order valence-corrected chi connectivity index (χ2v) is 8.14. The molecule has 146 valence electrons. The summed E-state index contributed by atoms with van der Waals surface area (Å²) >= 11 is 1.50. The molecular weight excluding hydrogens is 374 g/mol. The number of aryl methyl sites for hydroxylation is 1. The van der Waals surface area contributed by atoms with E-state index in [0.717, 1.165) is 47.7 Å². The number of carbonyl (C=O) groups excluding carboxylic acids is 1. The van der Waals surface area contributed by atoms with Gasteiger partial charge < -0.3 is 9.64 Å². The smallest absolute Gasteiger partial charge is 0.263 e. The van der Waals surface area contributed by atoms with Crippen molar-refractivity contribution in [1.29, 1.82) is 0 Å². The van der Waals surface area contributed by atoms with Crippen LogP contribution in [0.25, 0.3) is 21.3 Å². The topological polar surface area (TPSA) is 64.4 Å². The Labute approximate surface area is 167 Å². The average molecular weight is 398 g/mol. The number of amides is 1. The maximum atomic E-state index is 13.2. The lowest BCUT2D eigenvalue weighted by Gasteiger charge is -2.15. The van der Waals surface area contributed by atoms with E-state index in [-0.39, 0.29) is 18.0 Å². The molecule has 1 aliphatic rings. The molecule has 0 saturated carbocycles. The first kappa shape index (κ1) is 18.7. The summed E-state index contributed by atoms with van der Waals surface area (Å²) in [5.41, 5.74) is 1.68. The molecule has 28 heavy (non-hydrogen) atoms. The van der Waals surface area contributed by atoms with Gasteiger partial charge in [0.05, 0.1) is 18.3 Å². The number of likely N-dealkylation sites (tertiary alicyclic amines) is 1. The molecule has 0 atom stereocenters. The van der Waals surface area contributed by atoms with Gasteiger partial charge in [0.15, 0.2) is 0 Å². The zero-order chi connectivity index (χ0) is 19.7. The summed E-state index contributed by atoms with van der Waals surface area (Å²) in [5.74, 6) is 0.783. The number of benzene rings is 1. The Bertz CT molecular complexity index is 1060.